The SMILES string of the molecule is CC(C)(C)OC(=O)N[C@H](CO)[C@@H]1OC(C)(C)O[C@H]1CO[Si](C)(C)C(C)(C)C. The predicted molar refractivity (Wildman–Crippen MR) is 107 cm³/mol. The smallest absolute Gasteiger partial charge is 0.408 e. The molecule has 7 nitrogen and oxygen atoms in total. The summed E-state index contributed by atoms with van der Waals surface area (Å²) >= 11 is 0. The van der Waals surface area contributed by atoms with Gasteiger partial charge in [-0.3, -0.25) is 0 Å². The van der Waals surface area contributed by atoms with Crippen molar-refractivity contribution in [1.82, 2.24) is 5.32 Å². The summed E-state index contributed by atoms with van der Waals surface area (Å²) in [6, 6.07) is -0.658. The van der Waals surface area contributed by atoms with Gasteiger partial charge in [-0.1, -0.05) is 20.8 Å². The second-order valence-corrected chi connectivity index (χ2v) is 15.0. The van der Waals surface area contributed by atoms with Gasteiger partial charge in [0.25, 0.3) is 0 Å². The summed E-state index contributed by atoms with van der Waals surface area (Å²) in [4.78, 5) is 12.1. The molecule has 160 valence electrons. The van der Waals surface area contributed by atoms with Crippen LogP contribution in [0, 0.1) is 0 Å². The quantitative estimate of drug-likeness (QED) is 0.659. The lowest BCUT2D eigenvalue weighted by atomic mass is 10.1. The Morgan fingerprint density at radius 2 is 1.74 bits per heavy atom. The van der Waals surface area contributed by atoms with Crippen LogP contribution < -0.4 is 5.32 Å². The normalized spacial score (nSPS) is 24.6. The zero-order valence-electron chi connectivity index (χ0n) is 18.6. The van der Waals surface area contributed by atoms with Gasteiger partial charge in [-0.2, -0.15) is 0 Å². The maximum atomic E-state index is 12.1. The molecule has 0 aliphatic carbocycles. The van der Waals surface area contributed by atoms with Crippen molar-refractivity contribution in [2.75, 3.05) is 13.2 Å². The van der Waals surface area contributed by atoms with Crippen LogP contribution in [0.2, 0.25) is 18.1 Å². The predicted octanol–water partition coefficient (Wildman–Crippen LogP) is 3.41. The molecule has 0 aromatic carbocycles. The molecular formula is C19H39NO6Si. The highest BCUT2D eigenvalue weighted by Gasteiger charge is 2.47. The van der Waals surface area contributed by atoms with Crippen LogP contribution in [0.15, 0.2) is 0 Å². The molecule has 0 saturated carbocycles. The summed E-state index contributed by atoms with van der Waals surface area (Å²) in [6.07, 6.45) is -1.54. The fraction of sp³-hybridized carbons (Fsp3) is 0.947. The first-order valence-electron chi connectivity index (χ1n) is 9.57. The van der Waals surface area contributed by atoms with E-state index in [2.05, 4.69) is 39.2 Å². The molecule has 1 aliphatic rings. The van der Waals surface area contributed by atoms with Gasteiger partial charge in [0.05, 0.1) is 19.3 Å². The molecule has 0 bridgehead atoms. The van der Waals surface area contributed by atoms with Crippen molar-refractivity contribution in [2.24, 2.45) is 0 Å². The van der Waals surface area contributed by atoms with Crippen molar-refractivity contribution < 1.29 is 28.5 Å². The third-order valence-corrected chi connectivity index (χ3v) is 9.43. The monoisotopic (exact) mass is 405 g/mol. The van der Waals surface area contributed by atoms with Gasteiger partial charge in [-0.05, 0) is 52.8 Å². The first-order valence-corrected chi connectivity index (χ1v) is 12.5. The van der Waals surface area contributed by atoms with Gasteiger partial charge >= 0.3 is 6.09 Å². The summed E-state index contributed by atoms with van der Waals surface area (Å²) in [5.74, 6) is -0.824. The van der Waals surface area contributed by atoms with Crippen LogP contribution in [0.4, 0.5) is 4.79 Å². The van der Waals surface area contributed by atoms with E-state index in [0.29, 0.717) is 6.61 Å². The Hall–Kier alpha value is -0.673. The first-order chi connectivity index (χ1) is 12.0. The minimum absolute atomic E-state index is 0.0720. The number of nitrogens with one attached hydrogen (secondary N) is 1. The van der Waals surface area contributed by atoms with Gasteiger partial charge in [-0.25, -0.2) is 4.79 Å². The maximum Gasteiger partial charge on any atom is 0.408 e. The number of carbonyl (C=O) groups is 1. The summed E-state index contributed by atoms with van der Waals surface area (Å²) in [5.41, 5.74) is -0.624. The lowest BCUT2D eigenvalue weighted by Gasteiger charge is -2.37. The number of aliphatic hydroxyl groups is 1. The van der Waals surface area contributed by atoms with E-state index in [1.54, 1.807) is 20.8 Å². The van der Waals surface area contributed by atoms with E-state index in [0.717, 1.165) is 0 Å². The van der Waals surface area contributed by atoms with Crippen molar-refractivity contribution in [1.29, 1.82) is 0 Å². The minimum atomic E-state index is -1.97. The zero-order chi connectivity index (χ0) is 21.3. The number of rotatable bonds is 6. The van der Waals surface area contributed by atoms with Gasteiger partial charge in [0.2, 0.25) is 0 Å². The summed E-state index contributed by atoms with van der Waals surface area (Å²) < 4.78 is 23.6. The molecule has 0 spiro atoms. The second kappa shape index (κ2) is 8.37. The van der Waals surface area contributed by atoms with Crippen LogP contribution in [0.25, 0.3) is 0 Å². The van der Waals surface area contributed by atoms with Crippen LogP contribution >= 0.6 is 0 Å². The highest BCUT2D eigenvalue weighted by atomic mass is 28.4. The van der Waals surface area contributed by atoms with E-state index in [9.17, 15) is 9.90 Å². The molecule has 1 aliphatic heterocycles. The highest BCUT2D eigenvalue weighted by Crippen LogP contribution is 2.38. The molecule has 0 radical (unpaired) electrons. The van der Waals surface area contributed by atoms with E-state index in [4.69, 9.17) is 18.6 Å². The molecule has 0 aromatic rings. The molecule has 1 saturated heterocycles. The van der Waals surface area contributed by atoms with E-state index in [-0.39, 0.29) is 11.6 Å². The number of aliphatic hydroxyl groups excluding tert-OH is 1. The molecule has 1 rings (SSSR count). The Balaban J connectivity index is 2.85. The Morgan fingerprint density at radius 1 is 1.19 bits per heavy atom. The number of ether oxygens (including phenoxy) is 3. The first kappa shape index (κ1) is 24.4. The molecule has 1 fully saturated rings. The molecule has 8 heteroatoms. The van der Waals surface area contributed by atoms with Crippen molar-refractivity contribution in [3.05, 3.63) is 0 Å². The highest BCUT2D eigenvalue weighted by molar-refractivity contribution is 6.74. The largest absolute Gasteiger partial charge is 0.444 e. The average Bonchev–Trinajstić information content (AvgIpc) is 2.74. The standard InChI is InChI=1S/C19H39NO6Si/c1-17(2,3)26-16(22)20-13(11-21)15-14(24-19(7,8)25-15)12-23-27(9,10)18(4,5)6/h13-15,21H,11-12H2,1-10H3,(H,20,22)/t13-,14+,15+/m1/s1. The molecule has 0 aromatic heterocycles. The fourth-order valence-corrected chi connectivity index (χ4v) is 3.54. The molecule has 27 heavy (non-hydrogen) atoms. The van der Waals surface area contributed by atoms with Crippen LogP contribution in [0.1, 0.15) is 55.4 Å². The summed E-state index contributed by atoms with van der Waals surface area (Å²) in [5, 5.41) is 12.6. The molecule has 1 amide bonds. The third kappa shape index (κ3) is 7.34. The Labute approximate surface area is 165 Å². The second-order valence-electron chi connectivity index (χ2n) is 10.1. The van der Waals surface area contributed by atoms with Crippen LogP contribution in [-0.4, -0.2) is 62.4 Å². The van der Waals surface area contributed by atoms with E-state index in [1.807, 2.05) is 13.8 Å². The number of hydrogen-bond acceptors (Lipinski definition) is 6. The van der Waals surface area contributed by atoms with Crippen LogP contribution in [0.5, 0.6) is 0 Å². The van der Waals surface area contributed by atoms with Crippen molar-refractivity contribution >= 4 is 14.4 Å². The number of amides is 1. The fourth-order valence-electron chi connectivity index (χ4n) is 2.53. The summed E-state index contributed by atoms with van der Waals surface area (Å²) in [6.45, 7) is 19.9. The molecule has 1 heterocycles. The van der Waals surface area contributed by atoms with Crippen LogP contribution in [0.3, 0.4) is 0 Å². The van der Waals surface area contributed by atoms with Crippen LogP contribution in [-0.2, 0) is 18.6 Å². The lowest BCUT2D eigenvalue weighted by molar-refractivity contribution is -0.151. The van der Waals surface area contributed by atoms with Gasteiger partial charge in [0, 0.05) is 0 Å². The number of alkyl carbamates (subject to hydrolysis) is 1. The van der Waals surface area contributed by atoms with Gasteiger partial charge in [0.15, 0.2) is 14.1 Å². The topological polar surface area (TPSA) is 86.3 Å². The molecule has 0 unspecified atom stereocenters. The average molecular weight is 406 g/mol. The summed E-state index contributed by atoms with van der Waals surface area (Å²) in [7, 11) is -1.97. The lowest BCUT2D eigenvalue weighted by Crippen LogP contribution is -2.53. The molecule has 3 atom stereocenters. The van der Waals surface area contributed by atoms with Crippen molar-refractivity contribution in [3.8, 4) is 0 Å². The Bertz CT molecular complexity index is 509. The number of carbonyl (C=O) groups excluding carboxylic acids is 1. The minimum Gasteiger partial charge on any atom is -0.444 e. The van der Waals surface area contributed by atoms with E-state index in [1.165, 1.54) is 0 Å². The van der Waals surface area contributed by atoms with Gasteiger partial charge in [-0.15, -0.1) is 0 Å². The third-order valence-electron chi connectivity index (χ3n) is 4.93. The molecular weight excluding hydrogens is 366 g/mol. The zero-order valence-corrected chi connectivity index (χ0v) is 19.6. The van der Waals surface area contributed by atoms with Gasteiger partial charge < -0.3 is 29.1 Å². The van der Waals surface area contributed by atoms with Crippen molar-refractivity contribution in [3.63, 3.8) is 0 Å². The Morgan fingerprint density at radius 3 is 2.19 bits per heavy atom. The van der Waals surface area contributed by atoms with E-state index < -0.39 is 44.0 Å². The molecule has 2 N–H and O–H groups in total. The van der Waals surface area contributed by atoms with Crippen molar-refractivity contribution in [2.45, 2.75) is 103 Å². The van der Waals surface area contributed by atoms with Gasteiger partial charge in [0.1, 0.15) is 17.8 Å². The van der Waals surface area contributed by atoms with E-state index >= 15 is 0 Å². The number of hydrogen-bond donors (Lipinski definition) is 2. The maximum absolute atomic E-state index is 12.1. The Kier molecular flexibility index (Phi) is 7.55.